The number of hydrogen-bond donors (Lipinski definition) is 5. The summed E-state index contributed by atoms with van der Waals surface area (Å²) >= 11 is 0. The van der Waals surface area contributed by atoms with Gasteiger partial charge in [0.15, 0.2) is 0 Å². The molecule has 0 amide bonds. The smallest absolute Gasteiger partial charge is 0.322 e. The highest BCUT2D eigenvalue weighted by molar-refractivity contribution is 5.85. The van der Waals surface area contributed by atoms with E-state index in [0.29, 0.717) is 25.9 Å². The Morgan fingerprint density at radius 3 is 1.75 bits per heavy atom. The lowest BCUT2D eigenvalue weighted by Crippen LogP contribution is -2.31. The lowest BCUT2D eigenvalue weighted by Gasteiger charge is -2.05. The number of esters is 1. The molecule has 2 rings (SSSR count). The van der Waals surface area contributed by atoms with Crippen LogP contribution in [0.15, 0.2) is 0 Å². The van der Waals surface area contributed by atoms with E-state index in [4.69, 9.17) is 15.3 Å². The number of aliphatic carboxylic acids is 1. The van der Waals surface area contributed by atoms with Crippen LogP contribution >= 0.6 is 12.4 Å². The van der Waals surface area contributed by atoms with E-state index in [2.05, 4.69) is 15.4 Å². The van der Waals surface area contributed by atoms with E-state index in [9.17, 15) is 9.59 Å². The Hall–Kier alpha value is -0.930. The van der Waals surface area contributed by atoms with Crippen molar-refractivity contribution in [1.29, 1.82) is 0 Å². The normalized spacial score (nSPS) is 31.8. The van der Waals surface area contributed by atoms with Crippen LogP contribution in [0.5, 0.6) is 0 Å². The number of aliphatic hydroxyl groups excluding tert-OH is 2. The van der Waals surface area contributed by atoms with Gasteiger partial charge in [0.2, 0.25) is 0 Å². The molecule has 2 heterocycles. The fourth-order valence-electron chi connectivity index (χ4n) is 1.94. The van der Waals surface area contributed by atoms with Gasteiger partial charge in [-0.3, -0.25) is 9.59 Å². The third kappa shape index (κ3) is 6.02. The van der Waals surface area contributed by atoms with Crippen LogP contribution in [0.4, 0.5) is 0 Å². The highest BCUT2D eigenvalue weighted by atomic mass is 35.5. The molecule has 2 saturated heterocycles. The summed E-state index contributed by atoms with van der Waals surface area (Å²) in [5.74, 6) is -1.18. The summed E-state index contributed by atoms with van der Waals surface area (Å²) in [5, 5.41) is 31.6. The first-order valence-electron chi connectivity index (χ1n) is 6.07. The van der Waals surface area contributed by atoms with Crippen molar-refractivity contribution in [3.05, 3.63) is 0 Å². The van der Waals surface area contributed by atoms with Crippen molar-refractivity contribution < 1.29 is 29.6 Å². The molecular formula is C11H21ClN2O6. The zero-order chi connectivity index (χ0) is 14.4. The number of carbonyl (C=O) groups excluding carboxylic acids is 1. The van der Waals surface area contributed by atoms with E-state index >= 15 is 0 Å². The molecule has 0 aromatic heterocycles. The quantitative estimate of drug-likeness (QED) is 0.374. The van der Waals surface area contributed by atoms with Crippen molar-refractivity contribution in [2.75, 3.05) is 20.2 Å². The Bertz CT molecular complexity index is 330. The number of methoxy groups -OCH3 is 1. The van der Waals surface area contributed by atoms with E-state index in [1.54, 1.807) is 0 Å². The van der Waals surface area contributed by atoms with Crippen LogP contribution in [-0.2, 0) is 14.3 Å². The molecule has 0 aliphatic carbocycles. The number of ether oxygens (including phenoxy) is 1. The number of rotatable bonds is 2. The molecule has 0 unspecified atom stereocenters. The van der Waals surface area contributed by atoms with Crippen molar-refractivity contribution in [3.8, 4) is 0 Å². The fourth-order valence-corrected chi connectivity index (χ4v) is 1.94. The molecule has 0 saturated carbocycles. The molecular weight excluding hydrogens is 292 g/mol. The highest BCUT2D eigenvalue weighted by Crippen LogP contribution is 2.06. The summed E-state index contributed by atoms with van der Waals surface area (Å²) in [7, 11) is 1.34. The van der Waals surface area contributed by atoms with Gasteiger partial charge in [-0.05, 0) is 0 Å². The van der Waals surface area contributed by atoms with Gasteiger partial charge in [-0.1, -0.05) is 0 Å². The number of aliphatic hydroxyl groups is 2. The van der Waals surface area contributed by atoms with Gasteiger partial charge in [0.25, 0.3) is 0 Å². The molecule has 0 bridgehead atoms. The topological polar surface area (TPSA) is 128 Å². The Morgan fingerprint density at radius 2 is 1.50 bits per heavy atom. The second kappa shape index (κ2) is 9.09. The monoisotopic (exact) mass is 312 g/mol. The first-order chi connectivity index (χ1) is 8.93. The van der Waals surface area contributed by atoms with Crippen molar-refractivity contribution in [2.45, 2.75) is 37.1 Å². The minimum absolute atomic E-state index is 0. The van der Waals surface area contributed by atoms with Crippen LogP contribution in [0.1, 0.15) is 12.8 Å². The molecule has 4 atom stereocenters. The standard InChI is InChI=1S/C6H11NO3.C5H9NO3.ClH/c1-10-6(9)5-2-4(8)3-7-5;7-3-1-4(5(8)9)6-2-3;/h4-5,7-8H,2-3H2,1H3;3-4,6-7H,1-2H2,(H,8,9);1H/t4-,5-;3-,4-;/m11./s1. The number of hydrogen-bond acceptors (Lipinski definition) is 7. The maximum absolute atomic E-state index is 10.8. The Labute approximate surface area is 122 Å². The molecule has 2 aliphatic heterocycles. The molecule has 2 fully saturated rings. The zero-order valence-corrected chi connectivity index (χ0v) is 11.9. The Kier molecular flexibility index (Phi) is 8.67. The van der Waals surface area contributed by atoms with Crippen LogP contribution in [0.25, 0.3) is 0 Å². The number of β-amino-alcohol motifs (C(OH)–C–C–N with tert-alkyl or cyclic N) is 2. The molecule has 5 N–H and O–H groups in total. The molecule has 8 nitrogen and oxygen atoms in total. The van der Waals surface area contributed by atoms with Crippen molar-refractivity contribution in [3.63, 3.8) is 0 Å². The first kappa shape index (κ1) is 19.1. The minimum Gasteiger partial charge on any atom is -0.480 e. The average molecular weight is 313 g/mol. The van der Waals surface area contributed by atoms with Crippen LogP contribution in [0, 0.1) is 0 Å². The SMILES string of the molecule is COC(=O)[C@H]1C[C@@H](O)CN1.Cl.O=C(O)[C@H]1C[C@@H](O)CN1. The van der Waals surface area contributed by atoms with Gasteiger partial charge in [-0.15, -0.1) is 12.4 Å². The average Bonchev–Trinajstić information content (AvgIpc) is 2.98. The van der Waals surface area contributed by atoms with Gasteiger partial charge in [-0.25, -0.2) is 0 Å². The maximum Gasteiger partial charge on any atom is 0.322 e. The van der Waals surface area contributed by atoms with E-state index in [0.717, 1.165) is 0 Å². The van der Waals surface area contributed by atoms with Gasteiger partial charge in [0.05, 0.1) is 19.3 Å². The highest BCUT2D eigenvalue weighted by Gasteiger charge is 2.28. The Balaban J connectivity index is 0.000000345. The third-order valence-corrected chi connectivity index (χ3v) is 3.00. The summed E-state index contributed by atoms with van der Waals surface area (Å²) < 4.78 is 4.47. The second-order valence-electron chi connectivity index (χ2n) is 4.56. The lowest BCUT2D eigenvalue weighted by atomic mass is 10.2. The van der Waals surface area contributed by atoms with Gasteiger partial charge >= 0.3 is 11.9 Å². The lowest BCUT2D eigenvalue weighted by molar-refractivity contribution is -0.143. The van der Waals surface area contributed by atoms with E-state index in [1.165, 1.54) is 7.11 Å². The number of carboxylic acid groups (broad SMARTS) is 1. The van der Waals surface area contributed by atoms with Crippen LogP contribution in [0.2, 0.25) is 0 Å². The molecule has 0 spiro atoms. The van der Waals surface area contributed by atoms with Crippen molar-refractivity contribution in [1.82, 2.24) is 10.6 Å². The first-order valence-corrected chi connectivity index (χ1v) is 6.07. The predicted octanol–water partition coefficient (Wildman–Crippen LogP) is -1.90. The third-order valence-electron chi connectivity index (χ3n) is 3.00. The minimum atomic E-state index is -0.883. The molecule has 2 aliphatic rings. The number of carboxylic acids is 1. The number of carbonyl (C=O) groups is 2. The van der Waals surface area contributed by atoms with Gasteiger partial charge in [-0.2, -0.15) is 0 Å². The largest absolute Gasteiger partial charge is 0.480 e. The molecule has 118 valence electrons. The molecule has 20 heavy (non-hydrogen) atoms. The summed E-state index contributed by atoms with van der Waals surface area (Å²) in [6.07, 6.45) is -0.0858. The summed E-state index contributed by atoms with van der Waals surface area (Å²) in [5.41, 5.74) is 0. The fraction of sp³-hybridized carbons (Fsp3) is 0.818. The summed E-state index contributed by atoms with van der Waals surface area (Å²) in [6.45, 7) is 0.886. The molecule has 0 aromatic carbocycles. The van der Waals surface area contributed by atoms with Gasteiger partial charge in [0.1, 0.15) is 12.1 Å². The summed E-state index contributed by atoms with van der Waals surface area (Å²) in [6, 6.07) is -0.847. The zero-order valence-electron chi connectivity index (χ0n) is 11.1. The second-order valence-corrected chi connectivity index (χ2v) is 4.56. The van der Waals surface area contributed by atoms with Crippen LogP contribution in [0.3, 0.4) is 0 Å². The maximum atomic E-state index is 10.8. The van der Waals surface area contributed by atoms with Crippen molar-refractivity contribution >= 4 is 24.3 Å². The molecule has 0 aromatic rings. The van der Waals surface area contributed by atoms with E-state index < -0.39 is 24.2 Å². The van der Waals surface area contributed by atoms with Crippen molar-refractivity contribution in [2.24, 2.45) is 0 Å². The van der Waals surface area contributed by atoms with Gasteiger partial charge < -0.3 is 30.7 Å². The molecule has 0 radical (unpaired) electrons. The van der Waals surface area contributed by atoms with E-state index in [1.807, 2.05) is 0 Å². The van der Waals surface area contributed by atoms with E-state index in [-0.39, 0.29) is 24.4 Å². The van der Waals surface area contributed by atoms with Gasteiger partial charge in [0, 0.05) is 25.9 Å². The Morgan fingerprint density at radius 1 is 1.05 bits per heavy atom. The number of nitrogens with one attached hydrogen (secondary N) is 2. The summed E-state index contributed by atoms with van der Waals surface area (Å²) in [4.78, 5) is 20.9. The predicted molar refractivity (Wildman–Crippen MR) is 71.7 cm³/mol. The molecule has 9 heteroatoms. The number of halogens is 1. The van der Waals surface area contributed by atoms with Crippen LogP contribution in [-0.4, -0.2) is 71.7 Å². The van der Waals surface area contributed by atoms with Crippen LogP contribution < -0.4 is 10.6 Å².